The third-order valence-corrected chi connectivity index (χ3v) is 2.98. The maximum atomic E-state index is 12.2. The van der Waals surface area contributed by atoms with E-state index in [1.54, 1.807) is 35.0 Å². The molecule has 0 aliphatic rings. The lowest BCUT2D eigenvalue weighted by atomic mass is 10.2. The number of rotatable bonds is 4. The number of nitrogens with zero attached hydrogens (tertiary/aromatic N) is 3. The first-order valence-corrected chi connectivity index (χ1v) is 6.49. The fourth-order valence-electron chi connectivity index (χ4n) is 1.95. The molecule has 0 radical (unpaired) electrons. The van der Waals surface area contributed by atoms with E-state index in [0.717, 1.165) is 5.69 Å². The highest BCUT2D eigenvalue weighted by Crippen LogP contribution is 2.12. The number of carbonyl (C=O) groups excluding carboxylic acids is 1. The zero-order valence-electron chi connectivity index (χ0n) is 11.9. The average Bonchev–Trinajstić information content (AvgIpc) is 2.88. The summed E-state index contributed by atoms with van der Waals surface area (Å²) in [5.41, 5.74) is 7.98. The van der Waals surface area contributed by atoms with Gasteiger partial charge in [-0.3, -0.25) is 9.48 Å². The Morgan fingerprint density at radius 2 is 2.10 bits per heavy atom. The molecule has 1 aromatic carbocycles. The van der Waals surface area contributed by atoms with Gasteiger partial charge in [0.15, 0.2) is 5.84 Å². The van der Waals surface area contributed by atoms with Crippen molar-refractivity contribution in [2.24, 2.45) is 10.9 Å². The lowest BCUT2D eigenvalue weighted by molar-refractivity contribution is 0.101. The van der Waals surface area contributed by atoms with Crippen molar-refractivity contribution in [3.8, 4) is 0 Å². The number of benzene rings is 1. The highest BCUT2D eigenvalue weighted by atomic mass is 16.4. The molecule has 1 amide bonds. The Balaban J connectivity index is 2.16. The van der Waals surface area contributed by atoms with Crippen LogP contribution < -0.4 is 11.1 Å². The second-order valence-corrected chi connectivity index (χ2v) is 4.50. The Morgan fingerprint density at radius 1 is 1.43 bits per heavy atom. The second-order valence-electron chi connectivity index (χ2n) is 4.50. The largest absolute Gasteiger partial charge is 0.409 e. The lowest BCUT2D eigenvalue weighted by Crippen LogP contribution is -2.17. The molecule has 0 fully saturated rings. The van der Waals surface area contributed by atoms with E-state index in [-0.39, 0.29) is 11.7 Å². The van der Waals surface area contributed by atoms with Gasteiger partial charge in [-0.05, 0) is 44.2 Å². The molecule has 0 spiro atoms. The Bertz CT molecular complexity index is 673. The van der Waals surface area contributed by atoms with Crippen molar-refractivity contribution in [2.45, 2.75) is 20.4 Å². The summed E-state index contributed by atoms with van der Waals surface area (Å²) >= 11 is 0. The van der Waals surface area contributed by atoms with Gasteiger partial charge in [-0.1, -0.05) is 5.16 Å². The summed E-state index contributed by atoms with van der Waals surface area (Å²) < 4.78 is 1.65. The first-order valence-electron chi connectivity index (χ1n) is 6.49. The summed E-state index contributed by atoms with van der Waals surface area (Å²) in [6, 6.07) is 8.43. The number of anilines is 1. The molecule has 2 aromatic rings. The third-order valence-electron chi connectivity index (χ3n) is 2.98. The van der Waals surface area contributed by atoms with Crippen LogP contribution in [0.15, 0.2) is 35.5 Å². The molecule has 0 saturated carbocycles. The predicted octanol–water partition coefficient (Wildman–Crippen LogP) is 1.56. The summed E-state index contributed by atoms with van der Waals surface area (Å²) in [5, 5.41) is 18.5. The first kappa shape index (κ1) is 14.6. The Kier molecular flexibility index (Phi) is 4.22. The van der Waals surface area contributed by atoms with Gasteiger partial charge in [-0.25, -0.2) is 0 Å². The third kappa shape index (κ3) is 3.19. The summed E-state index contributed by atoms with van der Waals surface area (Å²) in [5.74, 6) is -0.207. The zero-order valence-corrected chi connectivity index (χ0v) is 11.9. The molecule has 0 unspecified atom stereocenters. The Hall–Kier alpha value is -2.83. The number of amidine groups is 1. The molecule has 1 aromatic heterocycles. The van der Waals surface area contributed by atoms with Crippen molar-refractivity contribution in [2.75, 3.05) is 5.32 Å². The van der Waals surface area contributed by atoms with Crippen LogP contribution in [0.2, 0.25) is 0 Å². The van der Waals surface area contributed by atoms with Crippen molar-refractivity contribution < 1.29 is 10.0 Å². The van der Waals surface area contributed by atoms with Crippen LogP contribution >= 0.6 is 0 Å². The van der Waals surface area contributed by atoms with Gasteiger partial charge >= 0.3 is 0 Å². The number of aromatic nitrogens is 2. The maximum absolute atomic E-state index is 12.2. The van der Waals surface area contributed by atoms with Gasteiger partial charge < -0.3 is 16.3 Å². The molecule has 21 heavy (non-hydrogen) atoms. The fraction of sp³-hybridized carbons (Fsp3) is 0.214. The van der Waals surface area contributed by atoms with Crippen LogP contribution in [0.4, 0.5) is 5.69 Å². The predicted molar refractivity (Wildman–Crippen MR) is 79.5 cm³/mol. The van der Waals surface area contributed by atoms with Crippen molar-refractivity contribution in [3.63, 3.8) is 0 Å². The zero-order chi connectivity index (χ0) is 15.4. The number of hydrogen-bond donors (Lipinski definition) is 3. The van der Waals surface area contributed by atoms with Gasteiger partial charge in [-0.15, -0.1) is 0 Å². The van der Waals surface area contributed by atoms with E-state index in [4.69, 9.17) is 10.9 Å². The monoisotopic (exact) mass is 287 g/mol. The smallest absolute Gasteiger partial charge is 0.273 e. The number of amides is 1. The average molecular weight is 287 g/mol. The van der Waals surface area contributed by atoms with Gasteiger partial charge in [-0.2, -0.15) is 5.10 Å². The summed E-state index contributed by atoms with van der Waals surface area (Å²) in [7, 11) is 0. The first-order chi connectivity index (χ1) is 10.0. The van der Waals surface area contributed by atoms with Crippen molar-refractivity contribution in [1.29, 1.82) is 0 Å². The molecular formula is C14H17N5O2. The van der Waals surface area contributed by atoms with E-state index in [1.807, 2.05) is 13.8 Å². The molecule has 110 valence electrons. The molecule has 4 N–H and O–H groups in total. The molecule has 0 aliphatic carbocycles. The quantitative estimate of drug-likeness (QED) is 0.343. The van der Waals surface area contributed by atoms with E-state index in [1.165, 1.54) is 0 Å². The van der Waals surface area contributed by atoms with Crippen LogP contribution in [-0.2, 0) is 6.54 Å². The Labute approximate surface area is 122 Å². The van der Waals surface area contributed by atoms with E-state index < -0.39 is 0 Å². The highest BCUT2D eigenvalue weighted by Gasteiger charge is 2.13. The van der Waals surface area contributed by atoms with Crippen molar-refractivity contribution in [1.82, 2.24) is 9.78 Å². The molecule has 1 heterocycles. The number of hydrogen-bond acceptors (Lipinski definition) is 4. The highest BCUT2D eigenvalue weighted by molar-refractivity contribution is 6.03. The van der Waals surface area contributed by atoms with Crippen LogP contribution in [0.5, 0.6) is 0 Å². The molecule has 0 aliphatic heterocycles. The van der Waals surface area contributed by atoms with Gasteiger partial charge in [0.2, 0.25) is 0 Å². The molecule has 0 atom stereocenters. The summed E-state index contributed by atoms with van der Waals surface area (Å²) in [6.07, 6.45) is 0. The van der Waals surface area contributed by atoms with Gasteiger partial charge in [0.1, 0.15) is 5.69 Å². The maximum Gasteiger partial charge on any atom is 0.273 e. The molecule has 7 nitrogen and oxygen atoms in total. The second kappa shape index (κ2) is 6.08. The van der Waals surface area contributed by atoms with Crippen molar-refractivity contribution >= 4 is 17.4 Å². The normalized spacial score (nSPS) is 11.4. The SMILES string of the molecule is CCn1nc(C)cc1C(=O)Nc1ccc(C(N)=NO)cc1. The lowest BCUT2D eigenvalue weighted by Gasteiger charge is -2.07. The van der Waals surface area contributed by atoms with Crippen LogP contribution in [-0.4, -0.2) is 26.7 Å². The molecule has 0 saturated heterocycles. The van der Waals surface area contributed by atoms with E-state index >= 15 is 0 Å². The minimum atomic E-state index is -0.228. The van der Waals surface area contributed by atoms with Crippen LogP contribution in [0.1, 0.15) is 28.7 Å². The van der Waals surface area contributed by atoms with Crippen LogP contribution in [0.25, 0.3) is 0 Å². The standard InChI is InChI=1S/C14H17N5O2/c1-3-19-12(8-9(2)17-19)14(20)16-11-6-4-10(5-7-11)13(15)18-21/h4-8,21H,3H2,1-2H3,(H2,15,18)(H,16,20). The fourth-order valence-corrected chi connectivity index (χ4v) is 1.95. The van der Waals surface area contributed by atoms with E-state index in [9.17, 15) is 4.79 Å². The molecule has 0 bridgehead atoms. The minimum Gasteiger partial charge on any atom is -0.409 e. The van der Waals surface area contributed by atoms with Crippen LogP contribution in [0, 0.1) is 6.92 Å². The van der Waals surface area contributed by atoms with Crippen molar-refractivity contribution in [3.05, 3.63) is 47.3 Å². The number of nitrogens with one attached hydrogen (secondary N) is 1. The number of carbonyl (C=O) groups is 1. The van der Waals surface area contributed by atoms with E-state index in [0.29, 0.717) is 23.5 Å². The number of aryl methyl sites for hydroxylation is 2. The molecular weight excluding hydrogens is 270 g/mol. The molecule has 2 rings (SSSR count). The minimum absolute atomic E-state index is 0.0209. The molecule has 7 heteroatoms. The van der Waals surface area contributed by atoms with Gasteiger partial charge in [0, 0.05) is 17.8 Å². The number of oxime groups is 1. The van der Waals surface area contributed by atoms with Gasteiger partial charge in [0.05, 0.1) is 5.69 Å². The number of nitrogens with two attached hydrogens (primary N) is 1. The topological polar surface area (TPSA) is 106 Å². The van der Waals surface area contributed by atoms with E-state index in [2.05, 4.69) is 15.6 Å². The summed E-state index contributed by atoms with van der Waals surface area (Å²) in [6.45, 7) is 4.39. The van der Waals surface area contributed by atoms with Crippen LogP contribution in [0.3, 0.4) is 0 Å². The van der Waals surface area contributed by atoms with Gasteiger partial charge in [0.25, 0.3) is 5.91 Å². The summed E-state index contributed by atoms with van der Waals surface area (Å²) in [4.78, 5) is 12.2. The Morgan fingerprint density at radius 3 is 2.67 bits per heavy atom.